The summed E-state index contributed by atoms with van der Waals surface area (Å²) in [6, 6.07) is 0. The molecule has 0 aliphatic rings. The molecule has 0 aliphatic heterocycles. The van der Waals surface area contributed by atoms with Crippen LogP contribution in [0.5, 0.6) is 0 Å². The second-order valence-electron chi connectivity index (χ2n) is 5.72. The monoisotopic (exact) mass is 420 g/mol. The highest BCUT2D eigenvalue weighted by atomic mass is 35.5. The maximum absolute atomic E-state index is 11.1. The minimum absolute atomic E-state index is 0.317. The SMILES string of the molecule is O=C(NCCCCCCCCCCCCNC(=O)C(Cl)Cl)C(Cl)Cl. The largest absolute Gasteiger partial charge is 0.354 e. The zero-order valence-corrected chi connectivity index (χ0v) is 17.0. The number of rotatable bonds is 15. The van der Waals surface area contributed by atoms with Crippen molar-refractivity contribution < 1.29 is 9.59 Å². The van der Waals surface area contributed by atoms with E-state index < -0.39 is 9.67 Å². The lowest BCUT2D eigenvalue weighted by atomic mass is 10.1. The van der Waals surface area contributed by atoms with Crippen molar-refractivity contribution in [2.75, 3.05) is 13.1 Å². The standard InChI is InChI=1S/C16H28Cl4N2O2/c17-13(18)15(23)21-11-9-7-5-3-1-2-4-6-8-10-12-22-16(24)14(19)20/h13-14H,1-12H2,(H,21,23)(H,22,24). The lowest BCUT2D eigenvalue weighted by Crippen LogP contribution is -2.29. The molecular formula is C16H28Cl4N2O2. The molecule has 0 radical (unpaired) electrons. The minimum atomic E-state index is -0.973. The van der Waals surface area contributed by atoms with Crippen LogP contribution in [-0.4, -0.2) is 34.6 Å². The van der Waals surface area contributed by atoms with E-state index in [0.717, 1.165) is 25.7 Å². The molecule has 0 aromatic carbocycles. The molecule has 0 atom stereocenters. The molecule has 0 aliphatic carbocycles. The molecule has 0 heterocycles. The summed E-state index contributed by atoms with van der Waals surface area (Å²) in [5, 5.41) is 5.37. The highest BCUT2D eigenvalue weighted by Gasteiger charge is 2.09. The van der Waals surface area contributed by atoms with Gasteiger partial charge < -0.3 is 10.6 Å². The number of hydrogen-bond acceptors (Lipinski definition) is 2. The Morgan fingerprint density at radius 3 is 1.04 bits per heavy atom. The molecule has 142 valence electrons. The van der Waals surface area contributed by atoms with Crippen LogP contribution in [-0.2, 0) is 9.59 Å². The Morgan fingerprint density at radius 1 is 0.542 bits per heavy atom. The Bertz CT molecular complexity index is 310. The third-order valence-corrected chi connectivity index (χ3v) is 4.39. The van der Waals surface area contributed by atoms with Crippen LogP contribution < -0.4 is 10.6 Å². The Balaban J connectivity index is 3.15. The van der Waals surface area contributed by atoms with Crippen LogP contribution >= 0.6 is 46.4 Å². The van der Waals surface area contributed by atoms with Gasteiger partial charge in [-0.1, -0.05) is 97.8 Å². The topological polar surface area (TPSA) is 58.2 Å². The maximum atomic E-state index is 11.1. The van der Waals surface area contributed by atoms with Gasteiger partial charge in [0.2, 0.25) is 0 Å². The van der Waals surface area contributed by atoms with Gasteiger partial charge in [-0.05, 0) is 12.8 Å². The molecule has 0 saturated heterocycles. The molecule has 24 heavy (non-hydrogen) atoms. The summed E-state index contributed by atoms with van der Waals surface area (Å²) < 4.78 is 0. The maximum Gasteiger partial charge on any atom is 0.253 e. The van der Waals surface area contributed by atoms with Crippen LogP contribution in [0.1, 0.15) is 64.2 Å². The second-order valence-corrected chi connectivity index (χ2v) is 7.91. The number of carbonyl (C=O) groups excluding carboxylic acids is 2. The normalized spacial score (nSPS) is 11.1. The predicted molar refractivity (Wildman–Crippen MR) is 103 cm³/mol. The van der Waals surface area contributed by atoms with Crippen molar-refractivity contribution in [2.24, 2.45) is 0 Å². The van der Waals surface area contributed by atoms with Crippen LogP contribution in [0.2, 0.25) is 0 Å². The molecule has 0 unspecified atom stereocenters. The molecule has 4 nitrogen and oxygen atoms in total. The van der Waals surface area contributed by atoms with E-state index in [2.05, 4.69) is 10.6 Å². The molecule has 0 aromatic heterocycles. The first-order chi connectivity index (χ1) is 11.4. The Morgan fingerprint density at radius 2 is 0.792 bits per heavy atom. The van der Waals surface area contributed by atoms with Gasteiger partial charge >= 0.3 is 0 Å². The average Bonchev–Trinajstić information content (AvgIpc) is 2.54. The summed E-state index contributed by atoms with van der Waals surface area (Å²) in [5.74, 6) is -0.633. The van der Waals surface area contributed by atoms with Gasteiger partial charge in [-0.15, -0.1) is 0 Å². The molecule has 0 bridgehead atoms. The Hall–Kier alpha value is 0.1000. The Kier molecular flexibility index (Phi) is 16.6. The number of hydrogen-bond donors (Lipinski definition) is 2. The molecule has 0 saturated carbocycles. The van der Waals surface area contributed by atoms with Gasteiger partial charge in [-0.25, -0.2) is 0 Å². The van der Waals surface area contributed by atoms with Gasteiger partial charge in [0.15, 0.2) is 9.67 Å². The van der Waals surface area contributed by atoms with E-state index in [1.54, 1.807) is 0 Å². The molecule has 0 spiro atoms. The van der Waals surface area contributed by atoms with Gasteiger partial charge in [0, 0.05) is 13.1 Å². The zero-order chi connectivity index (χ0) is 18.2. The van der Waals surface area contributed by atoms with Gasteiger partial charge in [0.1, 0.15) is 0 Å². The first-order valence-corrected chi connectivity index (χ1v) is 10.3. The highest BCUT2D eigenvalue weighted by Crippen LogP contribution is 2.10. The summed E-state index contributed by atoms with van der Waals surface area (Å²) in [4.78, 5) is 20.3. The van der Waals surface area contributed by atoms with Gasteiger partial charge in [0.05, 0.1) is 0 Å². The van der Waals surface area contributed by atoms with Gasteiger partial charge in [0.25, 0.3) is 11.8 Å². The molecule has 2 N–H and O–H groups in total. The fraction of sp³-hybridized carbons (Fsp3) is 0.875. The van der Waals surface area contributed by atoms with Crippen molar-refractivity contribution >= 4 is 58.2 Å². The van der Waals surface area contributed by atoms with Crippen molar-refractivity contribution in [3.63, 3.8) is 0 Å². The van der Waals surface area contributed by atoms with Crippen LogP contribution in [0.25, 0.3) is 0 Å². The molecule has 0 fully saturated rings. The molecule has 0 rings (SSSR count). The van der Waals surface area contributed by atoms with E-state index in [-0.39, 0.29) is 11.8 Å². The summed E-state index contributed by atoms with van der Waals surface area (Å²) in [5.41, 5.74) is 0. The first-order valence-electron chi connectivity index (χ1n) is 8.57. The van der Waals surface area contributed by atoms with Crippen LogP contribution in [0.4, 0.5) is 0 Å². The molecule has 2 amide bonds. The number of alkyl halides is 4. The van der Waals surface area contributed by atoms with E-state index in [0.29, 0.717) is 13.1 Å². The zero-order valence-electron chi connectivity index (χ0n) is 14.0. The van der Waals surface area contributed by atoms with E-state index in [9.17, 15) is 9.59 Å². The van der Waals surface area contributed by atoms with Gasteiger partial charge in [-0.2, -0.15) is 0 Å². The van der Waals surface area contributed by atoms with Crippen LogP contribution in [0, 0.1) is 0 Å². The number of nitrogens with one attached hydrogen (secondary N) is 2. The van der Waals surface area contributed by atoms with E-state index >= 15 is 0 Å². The first kappa shape index (κ1) is 24.1. The quantitative estimate of drug-likeness (QED) is 0.296. The number of unbranched alkanes of at least 4 members (excludes halogenated alkanes) is 9. The summed E-state index contributed by atoms with van der Waals surface area (Å²) >= 11 is 21.7. The van der Waals surface area contributed by atoms with E-state index in [1.807, 2.05) is 0 Å². The van der Waals surface area contributed by atoms with Gasteiger partial charge in [-0.3, -0.25) is 9.59 Å². The summed E-state index contributed by atoms with van der Waals surface area (Å²) in [6.07, 6.45) is 11.5. The minimum Gasteiger partial charge on any atom is -0.354 e. The number of amides is 2. The molecule has 8 heteroatoms. The Labute approximate surface area is 165 Å². The average molecular weight is 422 g/mol. The fourth-order valence-corrected chi connectivity index (χ4v) is 2.55. The van der Waals surface area contributed by atoms with Crippen molar-refractivity contribution in [3.8, 4) is 0 Å². The van der Waals surface area contributed by atoms with Crippen molar-refractivity contribution in [3.05, 3.63) is 0 Å². The van der Waals surface area contributed by atoms with Crippen LogP contribution in [0.3, 0.4) is 0 Å². The summed E-state index contributed by atoms with van der Waals surface area (Å²) in [7, 11) is 0. The third kappa shape index (κ3) is 15.6. The smallest absolute Gasteiger partial charge is 0.253 e. The fourth-order valence-electron chi connectivity index (χ4n) is 2.24. The lowest BCUT2D eigenvalue weighted by molar-refractivity contribution is -0.120. The number of carbonyl (C=O) groups is 2. The predicted octanol–water partition coefficient (Wildman–Crippen LogP) is 4.73. The highest BCUT2D eigenvalue weighted by molar-refractivity contribution is 6.53. The molecular weight excluding hydrogens is 394 g/mol. The van der Waals surface area contributed by atoms with Crippen molar-refractivity contribution in [1.82, 2.24) is 10.6 Å². The lowest BCUT2D eigenvalue weighted by Gasteiger charge is -2.06. The number of halogens is 4. The van der Waals surface area contributed by atoms with Crippen molar-refractivity contribution in [1.29, 1.82) is 0 Å². The van der Waals surface area contributed by atoms with E-state index in [4.69, 9.17) is 46.4 Å². The molecule has 0 aromatic rings. The van der Waals surface area contributed by atoms with E-state index in [1.165, 1.54) is 38.5 Å². The van der Waals surface area contributed by atoms with Crippen LogP contribution in [0.15, 0.2) is 0 Å². The summed E-state index contributed by atoms with van der Waals surface area (Å²) in [6.45, 7) is 1.28. The third-order valence-electron chi connectivity index (χ3n) is 3.60. The second kappa shape index (κ2) is 16.6. The van der Waals surface area contributed by atoms with Crippen molar-refractivity contribution in [2.45, 2.75) is 73.9 Å².